The lowest BCUT2D eigenvalue weighted by molar-refractivity contribution is 0.580. The number of aryl methyl sites for hydroxylation is 1. The summed E-state index contributed by atoms with van der Waals surface area (Å²) in [5, 5.41) is 3.95. The van der Waals surface area contributed by atoms with Crippen molar-refractivity contribution in [2.45, 2.75) is 24.9 Å². The minimum Gasteiger partial charge on any atom is -0.329 e. The van der Waals surface area contributed by atoms with Crippen LogP contribution in [-0.4, -0.2) is 29.7 Å². The van der Waals surface area contributed by atoms with Gasteiger partial charge in [-0.1, -0.05) is 0 Å². The molecule has 0 spiro atoms. The fourth-order valence-corrected chi connectivity index (χ4v) is 2.63. The molecule has 0 aliphatic carbocycles. The molecule has 0 fully saturated rings. The SMILES string of the molecule is Cc1ccncc1CNS(=O)(=O)c1cnn(CCN)c1. The number of nitrogens with zero attached hydrogens (tertiary/aromatic N) is 3. The quantitative estimate of drug-likeness (QED) is 0.782. The van der Waals surface area contributed by atoms with Gasteiger partial charge in [-0.05, 0) is 24.1 Å². The van der Waals surface area contributed by atoms with Crippen molar-refractivity contribution >= 4 is 10.0 Å². The van der Waals surface area contributed by atoms with Crippen LogP contribution in [0, 0.1) is 6.92 Å². The molecule has 20 heavy (non-hydrogen) atoms. The molecule has 0 saturated heterocycles. The molecule has 0 aliphatic heterocycles. The van der Waals surface area contributed by atoms with Crippen molar-refractivity contribution in [3.63, 3.8) is 0 Å². The summed E-state index contributed by atoms with van der Waals surface area (Å²) in [4.78, 5) is 4.11. The number of sulfonamides is 1. The van der Waals surface area contributed by atoms with E-state index < -0.39 is 10.0 Å². The standard InChI is InChI=1S/C12H17N5O2S/c1-10-2-4-14-6-11(10)7-16-20(18,19)12-8-15-17(9-12)5-3-13/h2,4,6,8-9,16H,3,5,7,13H2,1H3. The van der Waals surface area contributed by atoms with E-state index in [0.29, 0.717) is 13.1 Å². The van der Waals surface area contributed by atoms with Gasteiger partial charge in [-0.3, -0.25) is 9.67 Å². The Bertz CT molecular complexity index is 681. The number of nitrogens with one attached hydrogen (secondary N) is 1. The molecule has 0 unspecified atom stereocenters. The predicted octanol–water partition coefficient (Wildman–Crippen LogP) is 0.0237. The first kappa shape index (κ1) is 14.6. The Morgan fingerprint density at radius 1 is 1.40 bits per heavy atom. The van der Waals surface area contributed by atoms with Crippen molar-refractivity contribution < 1.29 is 8.42 Å². The lowest BCUT2D eigenvalue weighted by Crippen LogP contribution is -2.23. The largest absolute Gasteiger partial charge is 0.329 e. The van der Waals surface area contributed by atoms with E-state index in [1.165, 1.54) is 17.1 Å². The number of hydrogen-bond donors (Lipinski definition) is 2. The van der Waals surface area contributed by atoms with Gasteiger partial charge in [-0.15, -0.1) is 0 Å². The third kappa shape index (κ3) is 3.41. The third-order valence-corrected chi connectivity index (χ3v) is 4.23. The Kier molecular flexibility index (Phi) is 4.48. The summed E-state index contributed by atoms with van der Waals surface area (Å²) in [6.07, 6.45) is 6.10. The van der Waals surface area contributed by atoms with Crippen LogP contribution < -0.4 is 10.5 Å². The van der Waals surface area contributed by atoms with Crippen LogP contribution in [0.25, 0.3) is 0 Å². The van der Waals surface area contributed by atoms with Crippen molar-refractivity contribution in [3.05, 3.63) is 42.0 Å². The topological polar surface area (TPSA) is 103 Å². The minimum atomic E-state index is -3.57. The van der Waals surface area contributed by atoms with Crippen LogP contribution in [0.3, 0.4) is 0 Å². The molecule has 2 aromatic heterocycles. The molecular weight excluding hydrogens is 278 g/mol. The number of nitrogens with two attached hydrogens (primary N) is 1. The van der Waals surface area contributed by atoms with Gasteiger partial charge in [0.05, 0.1) is 12.7 Å². The van der Waals surface area contributed by atoms with Gasteiger partial charge in [0, 0.05) is 31.7 Å². The number of aromatic nitrogens is 3. The lowest BCUT2D eigenvalue weighted by atomic mass is 10.2. The highest BCUT2D eigenvalue weighted by Crippen LogP contribution is 2.10. The minimum absolute atomic E-state index is 0.132. The first-order valence-corrected chi connectivity index (χ1v) is 7.63. The van der Waals surface area contributed by atoms with Crippen molar-refractivity contribution in [1.29, 1.82) is 0 Å². The van der Waals surface area contributed by atoms with Gasteiger partial charge in [-0.25, -0.2) is 13.1 Å². The van der Waals surface area contributed by atoms with Crippen LogP contribution in [0.15, 0.2) is 35.7 Å². The van der Waals surface area contributed by atoms with Gasteiger partial charge >= 0.3 is 0 Å². The second kappa shape index (κ2) is 6.12. The van der Waals surface area contributed by atoms with Gasteiger partial charge in [0.15, 0.2) is 0 Å². The molecule has 0 aliphatic rings. The summed E-state index contributed by atoms with van der Waals surface area (Å²) in [5.41, 5.74) is 7.22. The van der Waals surface area contributed by atoms with Crippen LogP contribution in [-0.2, 0) is 23.1 Å². The Hall–Kier alpha value is -1.77. The molecule has 2 rings (SSSR count). The van der Waals surface area contributed by atoms with Crippen LogP contribution in [0.5, 0.6) is 0 Å². The molecule has 0 saturated carbocycles. The van der Waals surface area contributed by atoms with E-state index in [1.807, 2.05) is 13.0 Å². The zero-order valence-corrected chi connectivity index (χ0v) is 12.0. The summed E-state index contributed by atoms with van der Waals surface area (Å²) in [5.74, 6) is 0. The van der Waals surface area contributed by atoms with Gasteiger partial charge in [0.25, 0.3) is 0 Å². The van der Waals surface area contributed by atoms with E-state index in [-0.39, 0.29) is 11.4 Å². The summed E-state index contributed by atoms with van der Waals surface area (Å²) in [6, 6.07) is 1.84. The summed E-state index contributed by atoms with van der Waals surface area (Å²) >= 11 is 0. The Labute approximate surface area is 117 Å². The maximum atomic E-state index is 12.1. The van der Waals surface area contributed by atoms with Gasteiger partial charge < -0.3 is 5.73 Å². The van der Waals surface area contributed by atoms with Crippen LogP contribution in [0.2, 0.25) is 0 Å². The van der Waals surface area contributed by atoms with E-state index >= 15 is 0 Å². The van der Waals surface area contributed by atoms with E-state index in [4.69, 9.17) is 5.73 Å². The lowest BCUT2D eigenvalue weighted by Gasteiger charge is -2.06. The summed E-state index contributed by atoms with van der Waals surface area (Å²) in [7, 11) is -3.57. The monoisotopic (exact) mass is 295 g/mol. The van der Waals surface area contributed by atoms with Crippen LogP contribution >= 0.6 is 0 Å². The summed E-state index contributed by atoms with van der Waals surface area (Å²) in [6.45, 7) is 3.00. The van der Waals surface area contributed by atoms with Crippen molar-refractivity contribution in [2.24, 2.45) is 5.73 Å². The van der Waals surface area contributed by atoms with Crippen molar-refractivity contribution in [3.8, 4) is 0 Å². The van der Waals surface area contributed by atoms with Gasteiger partial charge in [-0.2, -0.15) is 5.10 Å². The average molecular weight is 295 g/mol. The Morgan fingerprint density at radius 3 is 2.90 bits per heavy atom. The maximum Gasteiger partial charge on any atom is 0.243 e. The number of pyridine rings is 1. The van der Waals surface area contributed by atoms with E-state index in [1.54, 1.807) is 12.4 Å². The third-order valence-electron chi connectivity index (χ3n) is 2.88. The average Bonchev–Trinajstić information content (AvgIpc) is 2.88. The highest BCUT2D eigenvalue weighted by atomic mass is 32.2. The molecule has 0 bridgehead atoms. The highest BCUT2D eigenvalue weighted by Gasteiger charge is 2.16. The van der Waals surface area contributed by atoms with Gasteiger partial charge in [0.2, 0.25) is 10.0 Å². The molecule has 2 heterocycles. The van der Waals surface area contributed by atoms with Gasteiger partial charge in [0.1, 0.15) is 4.90 Å². The number of hydrogen-bond acceptors (Lipinski definition) is 5. The first-order valence-electron chi connectivity index (χ1n) is 6.14. The zero-order chi connectivity index (χ0) is 14.6. The Balaban J connectivity index is 2.09. The molecule has 0 radical (unpaired) electrons. The molecule has 2 aromatic rings. The van der Waals surface area contributed by atoms with Crippen molar-refractivity contribution in [1.82, 2.24) is 19.5 Å². The fourth-order valence-electron chi connectivity index (χ4n) is 1.68. The molecule has 8 heteroatoms. The second-order valence-corrected chi connectivity index (χ2v) is 6.12. The predicted molar refractivity (Wildman–Crippen MR) is 74.3 cm³/mol. The second-order valence-electron chi connectivity index (χ2n) is 4.35. The summed E-state index contributed by atoms with van der Waals surface area (Å²) < 4.78 is 28.3. The molecule has 0 aromatic carbocycles. The molecule has 108 valence electrons. The van der Waals surface area contributed by atoms with Crippen LogP contribution in [0.4, 0.5) is 0 Å². The molecule has 0 atom stereocenters. The normalized spacial score (nSPS) is 11.7. The smallest absolute Gasteiger partial charge is 0.243 e. The maximum absolute atomic E-state index is 12.1. The number of rotatable bonds is 6. The Morgan fingerprint density at radius 2 is 2.20 bits per heavy atom. The van der Waals surface area contributed by atoms with Crippen LogP contribution in [0.1, 0.15) is 11.1 Å². The molecule has 7 nitrogen and oxygen atoms in total. The zero-order valence-electron chi connectivity index (χ0n) is 11.2. The first-order chi connectivity index (χ1) is 9.53. The molecule has 3 N–H and O–H groups in total. The van der Waals surface area contributed by atoms with Crippen molar-refractivity contribution in [2.75, 3.05) is 6.54 Å². The fraction of sp³-hybridized carbons (Fsp3) is 0.333. The molecule has 0 amide bonds. The van der Waals surface area contributed by atoms with E-state index in [9.17, 15) is 8.42 Å². The van der Waals surface area contributed by atoms with E-state index in [2.05, 4.69) is 14.8 Å². The highest BCUT2D eigenvalue weighted by molar-refractivity contribution is 7.89. The molecular formula is C12H17N5O2S. The van der Waals surface area contributed by atoms with E-state index in [0.717, 1.165) is 11.1 Å².